The highest BCUT2D eigenvalue weighted by molar-refractivity contribution is 6.29. The van der Waals surface area contributed by atoms with Gasteiger partial charge in [0.2, 0.25) is 0 Å². The second-order valence-electron chi connectivity index (χ2n) is 5.20. The molecule has 0 fully saturated rings. The SMILES string of the molecule is CC(C)CCNc1cc(Cl)nc(CC(C)C)n1. The first kappa shape index (κ1) is 14.2. The molecular formula is C13H22ClN3. The van der Waals surface area contributed by atoms with E-state index in [4.69, 9.17) is 11.6 Å². The number of halogens is 1. The summed E-state index contributed by atoms with van der Waals surface area (Å²) in [6.07, 6.45) is 1.99. The molecule has 0 atom stereocenters. The van der Waals surface area contributed by atoms with Crippen LogP contribution in [0.15, 0.2) is 6.07 Å². The Labute approximate surface area is 109 Å². The normalized spacial score (nSPS) is 11.2. The second-order valence-corrected chi connectivity index (χ2v) is 5.59. The van der Waals surface area contributed by atoms with Gasteiger partial charge in [0.25, 0.3) is 0 Å². The van der Waals surface area contributed by atoms with E-state index in [1.807, 2.05) is 0 Å². The van der Waals surface area contributed by atoms with E-state index in [0.29, 0.717) is 17.0 Å². The fourth-order valence-electron chi connectivity index (χ4n) is 1.50. The lowest BCUT2D eigenvalue weighted by Crippen LogP contribution is -2.09. The van der Waals surface area contributed by atoms with Crippen molar-refractivity contribution in [2.24, 2.45) is 11.8 Å². The molecule has 0 amide bonds. The predicted octanol–water partition coefficient (Wildman–Crippen LogP) is 3.79. The number of nitrogens with one attached hydrogen (secondary N) is 1. The Bertz CT molecular complexity index is 351. The molecule has 3 nitrogen and oxygen atoms in total. The standard InChI is InChI=1S/C13H22ClN3/c1-9(2)5-6-15-12-8-11(14)16-13(17-12)7-10(3)4/h8-10H,5-7H2,1-4H3,(H,15,16,17). The highest BCUT2D eigenvalue weighted by Gasteiger charge is 2.05. The van der Waals surface area contributed by atoms with E-state index in [1.54, 1.807) is 6.07 Å². The minimum Gasteiger partial charge on any atom is -0.370 e. The van der Waals surface area contributed by atoms with Gasteiger partial charge in [0.05, 0.1) is 0 Å². The van der Waals surface area contributed by atoms with Crippen LogP contribution in [0.2, 0.25) is 5.15 Å². The molecule has 0 bridgehead atoms. The van der Waals surface area contributed by atoms with Gasteiger partial charge in [0.1, 0.15) is 16.8 Å². The van der Waals surface area contributed by atoms with E-state index in [9.17, 15) is 0 Å². The van der Waals surface area contributed by atoms with Crippen molar-refractivity contribution in [3.05, 3.63) is 17.0 Å². The van der Waals surface area contributed by atoms with Crippen molar-refractivity contribution in [3.8, 4) is 0 Å². The lowest BCUT2D eigenvalue weighted by atomic mass is 10.1. The second kappa shape index (κ2) is 6.80. The van der Waals surface area contributed by atoms with Gasteiger partial charge in [0, 0.05) is 19.0 Å². The van der Waals surface area contributed by atoms with Crippen LogP contribution < -0.4 is 5.32 Å². The Morgan fingerprint density at radius 3 is 2.47 bits per heavy atom. The Morgan fingerprint density at radius 1 is 1.18 bits per heavy atom. The first-order valence-corrected chi connectivity index (χ1v) is 6.62. The van der Waals surface area contributed by atoms with E-state index < -0.39 is 0 Å². The zero-order valence-corrected chi connectivity index (χ0v) is 11.9. The van der Waals surface area contributed by atoms with Gasteiger partial charge in [-0.3, -0.25) is 0 Å². The van der Waals surface area contributed by atoms with Gasteiger partial charge in [-0.25, -0.2) is 9.97 Å². The Hall–Kier alpha value is -0.830. The van der Waals surface area contributed by atoms with Crippen LogP contribution in [-0.2, 0) is 6.42 Å². The van der Waals surface area contributed by atoms with Crippen LogP contribution in [0, 0.1) is 11.8 Å². The Balaban J connectivity index is 2.62. The molecule has 0 saturated carbocycles. The van der Waals surface area contributed by atoms with E-state index in [2.05, 4.69) is 43.0 Å². The van der Waals surface area contributed by atoms with Crippen LogP contribution in [-0.4, -0.2) is 16.5 Å². The van der Waals surface area contributed by atoms with Crippen LogP contribution in [0.25, 0.3) is 0 Å². The number of anilines is 1. The summed E-state index contributed by atoms with van der Waals surface area (Å²) in [5.74, 6) is 2.88. The van der Waals surface area contributed by atoms with Gasteiger partial charge in [-0.05, 0) is 18.3 Å². The monoisotopic (exact) mass is 255 g/mol. The quantitative estimate of drug-likeness (QED) is 0.786. The summed E-state index contributed by atoms with van der Waals surface area (Å²) >= 11 is 5.98. The van der Waals surface area contributed by atoms with Crippen LogP contribution in [0.3, 0.4) is 0 Å². The number of hydrogen-bond acceptors (Lipinski definition) is 3. The summed E-state index contributed by atoms with van der Waals surface area (Å²) in [6.45, 7) is 9.63. The maximum Gasteiger partial charge on any atom is 0.134 e. The molecule has 0 aliphatic rings. The van der Waals surface area contributed by atoms with Crippen molar-refractivity contribution in [3.63, 3.8) is 0 Å². The fraction of sp³-hybridized carbons (Fsp3) is 0.692. The zero-order valence-electron chi connectivity index (χ0n) is 11.1. The predicted molar refractivity (Wildman–Crippen MR) is 73.5 cm³/mol. The van der Waals surface area contributed by atoms with Crippen molar-refractivity contribution in [1.82, 2.24) is 9.97 Å². The number of rotatable bonds is 6. The van der Waals surface area contributed by atoms with Crippen LogP contribution in [0.5, 0.6) is 0 Å². The number of nitrogens with zero attached hydrogens (tertiary/aromatic N) is 2. The molecule has 0 saturated heterocycles. The topological polar surface area (TPSA) is 37.8 Å². The fourth-order valence-corrected chi connectivity index (χ4v) is 1.70. The van der Waals surface area contributed by atoms with Crippen molar-refractivity contribution in [2.45, 2.75) is 40.5 Å². The molecule has 1 heterocycles. The highest BCUT2D eigenvalue weighted by atomic mass is 35.5. The van der Waals surface area contributed by atoms with Crippen LogP contribution in [0.4, 0.5) is 5.82 Å². The molecular weight excluding hydrogens is 234 g/mol. The third-order valence-electron chi connectivity index (χ3n) is 2.36. The molecule has 1 rings (SSSR count). The summed E-state index contributed by atoms with van der Waals surface area (Å²) < 4.78 is 0. The Morgan fingerprint density at radius 2 is 1.88 bits per heavy atom. The van der Waals surface area contributed by atoms with Gasteiger partial charge in [-0.2, -0.15) is 0 Å². The molecule has 0 unspecified atom stereocenters. The minimum atomic E-state index is 0.516. The van der Waals surface area contributed by atoms with Gasteiger partial charge in [0.15, 0.2) is 0 Å². The third kappa shape index (κ3) is 5.87. The minimum absolute atomic E-state index is 0.516. The summed E-state index contributed by atoms with van der Waals surface area (Å²) in [6, 6.07) is 1.78. The maximum absolute atomic E-state index is 5.98. The summed E-state index contributed by atoms with van der Waals surface area (Å²) in [7, 11) is 0. The molecule has 0 radical (unpaired) electrons. The molecule has 0 aliphatic carbocycles. The van der Waals surface area contributed by atoms with Crippen molar-refractivity contribution < 1.29 is 0 Å². The molecule has 1 N–H and O–H groups in total. The maximum atomic E-state index is 5.98. The lowest BCUT2D eigenvalue weighted by Gasteiger charge is -2.10. The smallest absolute Gasteiger partial charge is 0.134 e. The van der Waals surface area contributed by atoms with E-state index in [1.165, 1.54) is 0 Å². The molecule has 1 aromatic heterocycles. The summed E-state index contributed by atoms with van der Waals surface area (Å²) in [5.41, 5.74) is 0. The largest absolute Gasteiger partial charge is 0.370 e. The molecule has 0 aliphatic heterocycles. The molecule has 1 aromatic rings. The summed E-state index contributed by atoms with van der Waals surface area (Å²) in [5, 5.41) is 3.81. The van der Waals surface area contributed by atoms with Crippen molar-refractivity contribution in [2.75, 3.05) is 11.9 Å². The van der Waals surface area contributed by atoms with E-state index >= 15 is 0 Å². The average molecular weight is 256 g/mol. The van der Waals surface area contributed by atoms with Gasteiger partial charge >= 0.3 is 0 Å². The van der Waals surface area contributed by atoms with Gasteiger partial charge < -0.3 is 5.32 Å². The average Bonchev–Trinajstić information content (AvgIpc) is 2.14. The molecule has 0 aromatic carbocycles. The number of aromatic nitrogens is 2. The number of hydrogen-bond donors (Lipinski definition) is 1. The summed E-state index contributed by atoms with van der Waals surface area (Å²) in [4.78, 5) is 8.70. The highest BCUT2D eigenvalue weighted by Crippen LogP contribution is 2.14. The van der Waals surface area contributed by atoms with Crippen molar-refractivity contribution >= 4 is 17.4 Å². The van der Waals surface area contributed by atoms with Crippen LogP contribution >= 0.6 is 11.6 Å². The molecule has 0 spiro atoms. The van der Waals surface area contributed by atoms with Gasteiger partial charge in [-0.15, -0.1) is 0 Å². The molecule has 17 heavy (non-hydrogen) atoms. The van der Waals surface area contributed by atoms with Gasteiger partial charge in [-0.1, -0.05) is 39.3 Å². The molecule has 96 valence electrons. The first-order chi connectivity index (χ1) is 7.97. The van der Waals surface area contributed by atoms with Crippen molar-refractivity contribution in [1.29, 1.82) is 0 Å². The zero-order chi connectivity index (χ0) is 12.8. The van der Waals surface area contributed by atoms with E-state index in [-0.39, 0.29) is 0 Å². The van der Waals surface area contributed by atoms with Crippen LogP contribution in [0.1, 0.15) is 39.9 Å². The Kier molecular flexibility index (Phi) is 5.69. The first-order valence-electron chi connectivity index (χ1n) is 6.24. The molecule has 4 heteroatoms. The lowest BCUT2D eigenvalue weighted by molar-refractivity contribution is 0.604. The van der Waals surface area contributed by atoms with E-state index in [0.717, 1.165) is 31.0 Å². The third-order valence-corrected chi connectivity index (χ3v) is 2.55.